The largest absolute Gasteiger partial charge is 0.476 e. The van der Waals surface area contributed by atoms with Crippen LogP contribution in [-0.2, 0) is 0 Å². The molecule has 2 aromatic rings. The number of halogens is 2. The number of nitrogens with two attached hydrogens (primary N) is 1. The molecule has 6 nitrogen and oxygen atoms in total. The van der Waals surface area contributed by atoms with Crippen LogP contribution < -0.4 is 10.5 Å². The van der Waals surface area contributed by atoms with E-state index >= 15 is 0 Å². The van der Waals surface area contributed by atoms with Gasteiger partial charge in [0.15, 0.2) is 5.69 Å². The van der Waals surface area contributed by atoms with Crippen molar-refractivity contribution in [2.24, 2.45) is 5.73 Å². The lowest BCUT2D eigenvalue weighted by Crippen LogP contribution is -2.12. The molecule has 0 aliphatic carbocycles. The normalized spacial score (nSPS) is 10.2. The number of carboxylic acid groups (broad SMARTS) is 1. The number of pyridine rings is 1. The van der Waals surface area contributed by atoms with Gasteiger partial charge in [-0.1, -0.05) is 11.6 Å². The fraction of sp³-hybridized carbons (Fsp3) is 0. The minimum atomic E-state index is -1.32. The molecule has 0 radical (unpaired) electrons. The second kappa shape index (κ2) is 5.76. The van der Waals surface area contributed by atoms with Crippen molar-refractivity contribution in [2.75, 3.05) is 0 Å². The summed E-state index contributed by atoms with van der Waals surface area (Å²) in [6.07, 6.45) is 0. The van der Waals surface area contributed by atoms with Crippen LogP contribution in [0.4, 0.5) is 4.39 Å². The molecular weight excluding hydrogens is 303 g/mol. The summed E-state index contributed by atoms with van der Waals surface area (Å²) in [6, 6.07) is 6.02. The first kappa shape index (κ1) is 14.7. The Hall–Kier alpha value is -2.67. The SMILES string of the molecule is NC(=O)c1ccc(Oc2ccc(Cl)c(C(=O)O)n2)cc1F. The Labute approximate surface area is 122 Å². The molecule has 3 N–H and O–H groups in total. The van der Waals surface area contributed by atoms with Crippen LogP contribution in [-0.4, -0.2) is 22.0 Å². The molecular formula is C13H8ClFN2O4. The van der Waals surface area contributed by atoms with Crippen LogP contribution in [0.2, 0.25) is 5.02 Å². The van der Waals surface area contributed by atoms with Crippen molar-refractivity contribution in [3.63, 3.8) is 0 Å². The maximum absolute atomic E-state index is 13.6. The first-order valence-electron chi connectivity index (χ1n) is 5.55. The summed E-state index contributed by atoms with van der Waals surface area (Å²) in [6.45, 7) is 0. The van der Waals surface area contributed by atoms with Crippen molar-refractivity contribution >= 4 is 23.5 Å². The molecule has 8 heteroatoms. The lowest BCUT2D eigenvalue weighted by molar-refractivity contribution is 0.0689. The van der Waals surface area contributed by atoms with E-state index in [0.29, 0.717) is 0 Å². The summed E-state index contributed by atoms with van der Waals surface area (Å²) in [4.78, 5) is 25.5. The van der Waals surface area contributed by atoms with Crippen LogP contribution in [0.3, 0.4) is 0 Å². The highest BCUT2D eigenvalue weighted by Gasteiger charge is 2.14. The lowest BCUT2D eigenvalue weighted by Gasteiger charge is -2.07. The Kier molecular flexibility index (Phi) is 4.04. The highest BCUT2D eigenvalue weighted by Crippen LogP contribution is 2.24. The van der Waals surface area contributed by atoms with Gasteiger partial charge in [-0.05, 0) is 18.2 Å². The van der Waals surface area contributed by atoms with E-state index in [0.717, 1.165) is 12.1 Å². The maximum atomic E-state index is 13.6. The van der Waals surface area contributed by atoms with E-state index in [1.165, 1.54) is 18.2 Å². The van der Waals surface area contributed by atoms with Crippen LogP contribution in [0.5, 0.6) is 11.6 Å². The number of hydrogen-bond acceptors (Lipinski definition) is 4. The number of hydrogen-bond donors (Lipinski definition) is 2. The van der Waals surface area contributed by atoms with E-state index in [2.05, 4.69) is 4.98 Å². The molecule has 0 atom stereocenters. The molecule has 0 aliphatic rings. The van der Waals surface area contributed by atoms with Crippen molar-refractivity contribution in [1.82, 2.24) is 4.98 Å². The van der Waals surface area contributed by atoms with Gasteiger partial charge in [0, 0.05) is 12.1 Å². The van der Waals surface area contributed by atoms with Crippen LogP contribution in [0.1, 0.15) is 20.8 Å². The highest BCUT2D eigenvalue weighted by atomic mass is 35.5. The molecule has 0 fully saturated rings. The maximum Gasteiger partial charge on any atom is 0.356 e. The third-order valence-electron chi connectivity index (χ3n) is 2.45. The predicted molar refractivity (Wildman–Crippen MR) is 71.2 cm³/mol. The summed E-state index contributed by atoms with van der Waals surface area (Å²) in [5.74, 6) is -3.13. The van der Waals surface area contributed by atoms with E-state index < -0.39 is 17.7 Å². The van der Waals surface area contributed by atoms with Gasteiger partial charge in [0.25, 0.3) is 5.91 Å². The quantitative estimate of drug-likeness (QED) is 0.903. The highest BCUT2D eigenvalue weighted by molar-refractivity contribution is 6.33. The molecule has 1 heterocycles. The van der Waals surface area contributed by atoms with Gasteiger partial charge in [-0.15, -0.1) is 0 Å². The number of carbonyl (C=O) groups is 2. The minimum Gasteiger partial charge on any atom is -0.476 e. The second-order valence-corrected chi connectivity index (χ2v) is 4.30. The monoisotopic (exact) mass is 310 g/mol. The number of aromatic nitrogens is 1. The first-order valence-corrected chi connectivity index (χ1v) is 5.93. The minimum absolute atomic E-state index is 0.0312. The summed E-state index contributed by atoms with van der Waals surface area (Å²) in [5, 5.41) is 8.83. The second-order valence-electron chi connectivity index (χ2n) is 3.89. The number of rotatable bonds is 4. The van der Waals surface area contributed by atoms with Gasteiger partial charge in [0.1, 0.15) is 11.6 Å². The van der Waals surface area contributed by atoms with Gasteiger partial charge in [0.05, 0.1) is 10.6 Å². The van der Waals surface area contributed by atoms with E-state index in [9.17, 15) is 14.0 Å². The number of nitrogens with zero attached hydrogens (tertiary/aromatic N) is 1. The molecule has 0 unspecified atom stereocenters. The van der Waals surface area contributed by atoms with E-state index in [4.69, 9.17) is 27.2 Å². The van der Waals surface area contributed by atoms with Gasteiger partial charge in [-0.3, -0.25) is 4.79 Å². The van der Waals surface area contributed by atoms with Gasteiger partial charge in [-0.25, -0.2) is 14.2 Å². The smallest absolute Gasteiger partial charge is 0.356 e. The molecule has 0 aliphatic heterocycles. The zero-order chi connectivity index (χ0) is 15.6. The van der Waals surface area contributed by atoms with Crippen molar-refractivity contribution in [3.8, 4) is 11.6 Å². The van der Waals surface area contributed by atoms with Gasteiger partial charge in [-0.2, -0.15) is 0 Å². The number of amides is 1. The topological polar surface area (TPSA) is 103 Å². The Balaban J connectivity index is 2.30. The van der Waals surface area contributed by atoms with Crippen molar-refractivity contribution < 1.29 is 23.8 Å². The molecule has 1 aromatic heterocycles. The first-order chi connectivity index (χ1) is 9.88. The zero-order valence-electron chi connectivity index (χ0n) is 10.3. The fourth-order valence-corrected chi connectivity index (χ4v) is 1.70. The third kappa shape index (κ3) is 3.26. The third-order valence-corrected chi connectivity index (χ3v) is 2.76. The van der Waals surface area contributed by atoms with Crippen molar-refractivity contribution in [2.45, 2.75) is 0 Å². The standard InChI is InChI=1S/C13H8ClFN2O4/c14-8-3-4-10(17-11(8)13(19)20)21-6-1-2-7(12(16)18)9(15)5-6/h1-5H,(H2,16,18)(H,19,20). The van der Waals surface area contributed by atoms with Gasteiger partial charge >= 0.3 is 5.97 Å². The molecule has 0 saturated carbocycles. The molecule has 108 valence electrons. The molecule has 1 aromatic carbocycles. The lowest BCUT2D eigenvalue weighted by atomic mass is 10.2. The number of primary amides is 1. The van der Waals surface area contributed by atoms with Crippen LogP contribution in [0, 0.1) is 5.82 Å². The van der Waals surface area contributed by atoms with Crippen LogP contribution in [0.15, 0.2) is 30.3 Å². The molecule has 0 spiro atoms. The average Bonchev–Trinajstić information content (AvgIpc) is 2.40. The number of aromatic carboxylic acids is 1. The molecule has 21 heavy (non-hydrogen) atoms. The van der Waals surface area contributed by atoms with E-state index in [1.807, 2.05) is 0 Å². The Bertz CT molecular complexity index is 736. The number of benzene rings is 1. The van der Waals surface area contributed by atoms with E-state index in [1.54, 1.807) is 0 Å². The molecule has 2 rings (SSSR count). The summed E-state index contributed by atoms with van der Waals surface area (Å²) < 4.78 is 18.8. The van der Waals surface area contributed by atoms with Crippen molar-refractivity contribution in [1.29, 1.82) is 0 Å². The average molecular weight is 311 g/mol. The fourth-order valence-electron chi connectivity index (χ4n) is 1.51. The number of ether oxygens (including phenoxy) is 1. The number of carbonyl (C=O) groups excluding carboxylic acids is 1. The van der Waals surface area contributed by atoms with E-state index in [-0.39, 0.29) is 27.9 Å². The van der Waals surface area contributed by atoms with Gasteiger partial charge < -0.3 is 15.6 Å². The Morgan fingerprint density at radius 3 is 2.57 bits per heavy atom. The number of carboxylic acids is 1. The Morgan fingerprint density at radius 1 is 1.29 bits per heavy atom. The zero-order valence-corrected chi connectivity index (χ0v) is 11.1. The molecule has 1 amide bonds. The van der Waals surface area contributed by atoms with Crippen molar-refractivity contribution in [3.05, 3.63) is 52.4 Å². The molecule has 0 saturated heterocycles. The summed E-state index contributed by atoms with van der Waals surface area (Å²) in [7, 11) is 0. The summed E-state index contributed by atoms with van der Waals surface area (Å²) in [5.41, 5.74) is 4.31. The van der Waals surface area contributed by atoms with Crippen LogP contribution >= 0.6 is 11.6 Å². The Morgan fingerprint density at radius 2 is 2.00 bits per heavy atom. The summed E-state index contributed by atoms with van der Waals surface area (Å²) >= 11 is 5.66. The van der Waals surface area contributed by atoms with Gasteiger partial charge in [0.2, 0.25) is 5.88 Å². The van der Waals surface area contributed by atoms with Crippen LogP contribution in [0.25, 0.3) is 0 Å². The predicted octanol–water partition coefficient (Wildman–Crippen LogP) is 2.46. The molecule has 0 bridgehead atoms.